The van der Waals surface area contributed by atoms with E-state index in [1.165, 1.54) is 6.20 Å². The third kappa shape index (κ3) is 2.31. The highest BCUT2D eigenvalue weighted by Gasteiger charge is 2.61. The van der Waals surface area contributed by atoms with Crippen LogP contribution in [0.25, 0.3) is 0 Å². The minimum absolute atomic E-state index is 0.0499. The fraction of sp³-hybridized carbons (Fsp3) is 0.600. The van der Waals surface area contributed by atoms with Crippen LogP contribution in [0.2, 0.25) is 0 Å². The predicted octanol–water partition coefficient (Wildman–Crippen LogP) is 1.38. The Morgan fingerprint density at radius 3 is 2.85 bits per heavy atom. The van der Waals surface area contributed by atoms with Crippen LogP contribution in [-0.2, 0) is 4.74 Å². The summed E-state index contributed by atoms with van der Waals surface area (Å²) in [5.41, 5.74) is -0.453. The van der Waals surface area contributed by atoms with Crippen molar-refractivity contribution in [2.24, 2.45) is 5.41 Å². The number of hydrogen-bond acceptors (Lipinski definition) is 4. The van der Waals surface area contributed by atoms with Crippen LogP contribution >= 0.6 is 0 Å². The van der Waals surface area contributed by atoms with E-state index in [1.807, 2.05) is 20.8 Å². The molecular formula is C15H22N2O3. The average molecular weight is 278 g/mol. The third-order valence-corrected chi connectivity index (χ3v) is 4.49. The van der Waals surface area contributed by atoms with Gasteiger partial charge in [-0.3, -0.25) is 9.78 Å². The minimum atomic E-state index is -0.639. The highest BCUT2D eigenvalue weighted by molar-refractivity contribution is 5.94. The van der Waals surface area contributed by atoms with Crippen molar-refractivity contribution in [3.05, 3.63) is 30.1 Å². The van der Waals surface area contributed by atoms with Gasteiger partial charge in [0.25, 0.3) is 5.91 Å². The van der Waals surface area contributed by atoms with Gasteiger partial charge >= 0.3 is 0 Å². The quantitative estimate of drug-likeness (QED) is 0.853. The Morgan fingerprint density at radius 1 is 1.60 bits per heavy atom. The summed E-state index contributed by atoms with van der Waals surface area (Å²) in [5.74, 6) is -0.213. The SMILES string of the molecule is CCO[C@H]1C[C@](CO)(NC(=O)c2cccnc2)C1(C)C. The van der Waals surface area contributed by atoms with Crippen LogP contribution < -0.4 is 5.32 Å². The molecule has 20 heavy (non-hydrogen) atoms. The Balaban J connectivity index is 2.12. The van der Waals surface area contributed by atoms with E-state index >= 15 is 0 Å². The van der Waals surface area contributed by atoms with Crippen LogP contribution in [0, 0.1) is 5.41 Å². The van der Waals surface area contributed by atoms with Crippen molar-refractivity contribution in [1.29, 1.82) is 0 Å². The highest BCUT2D eigenvalue weighted by Crippen LogP contribution is 2.51. The van der Waals surface area contributed by atoms with Crippen molar-refractivity contribution in [2.45, 2.75) is 38.8 Å². The average Bonchev–Trinajstić information content (AvgIpc) is 2.46. The summed E-state index contributed by atoms with van der Waals surface area (Å²) in [5, 5.41) is 12.7. The number of carbonyl (C=O) groups is 1. The molecule has 1 aliphatic rings. The zero-order chi connectivity index (χ0) is 14.8. The number of aromatic nitrogens is 1. The standard InChI is InChI=1S/C15H22N2O3/c1-4-20-12-8-15(10-18,14(12,2)3)17-13(19)11-6-5-7-16-9-11/h5-7,9,12,18H,4,8,10H2,1-3H3,(H,17,19)/t12-,15+/m0/s1. The van der Waals surface area contributed by atoms with Crippen LogP contribution in [0.1, 0.15) is 37.6 Å². The van der Waals surface area contributed by atoms with Crippen molar-refractivity contribution >= 4 is 5.91 Å². The molecule has 5 heteroatoms. The van der Waals surface area contributed by atoms with Crippen molar-refractivity contribution in [2.75, 3.05) is 13.2 Å². The Labute approximate surface area is 119 Å². The molecule has 1 saturated carbocycles. The summed E-state index contributed by atoms with van der Waals surface area (Å²) in [6, 6.07) is 3.43. The topological polar surface area (TPSA) is 71.5 Å². The van der Waals surface area contributed by atoms with E-state index in [2.05, 4.69) is 10.3 Å². The van der Waals surface area contributed by atoms with Gasteiger partial charge in [-0.15, -0.1) is 0 Å². The lowest BCUT2D eigenvalue weighted by atomic mass is 9.54. The second-order valence-corrected chi connectivity index (χ2v) is 5.81. The molecule has 110 valence electrons. The fourth-order valence-corrected chi connectivity index (χ4v) is 2.79. The number of amides is 1. The number of nitrogens with one attached hydrogen (secondary N) is 1. The summed E-state index contributed by atoms with van der Waals surface area (Å²) >= 11 is 0. The van der Waals surface area contributed by atoms with Crippen molar-refractivity contribution < 1.29 is 14.6 Å². The largest absolute Gasteiger partial charge is 0.394 e. The van der Waals surface area contributed by atoms with E-state index in [-0.39, 0.29) is 24.0 Å². The molecule has 1 heterocycles. The minimum Gasteiger partial charge on any atom is -0.394 e. The number of nitrogens with zero attached hydrogens (tertiary/aromatic N) is 1. The maximum atomic E-state index is 12.3. The number of rotatable bonds is 5. The van der Waals surface area contributed by atoms with E-state index in [9.17, 15) is 9.90 Å². The molecule has 1 fully saturated rings. The Bertz CT molecular complexity index is 475. The molecule has 2 rings (SSSR count). The summed E-state index contributed by atoms with van der Waals surface area (Å²) in [7, 11) is 0. The first-order valence-electron chi connectivity index (χ1n) is 6.92. The number of hydrogen-bond donors (Lipinski definition) is 2. The maximum absolute atomic E-state index is 12.3. The van der Waals surface area contributed by atoms with Gasteiger partial charge in [0.05, 0.1) is 23.8 Å². The number of aliphatic hydroxyl groups is 1. The normalized spacial score (nSPS) is 27.7. The van der Waals surface area contributed by atoms with E-state index in [1.54, 1.807) is 18.3 Å². The van der Waals surface area contributed by atoms with Crippen LogP contribution in [0.5, 0.6) is 0 Å². The van der Waals surface area contributed by atoms with E-state index in [0.717, 1.165) is 0 Å². The second kappa shape index (κ2) is 5.50. The lowest BCUT2D eigenvalue weighted by molar-refractivity contribution is -0.172. The molecule has 1 aromatic heterocycles. The Morgan fingerprint density at radius 2 is 2.35 bits per heavy atom. The van der Waals surface area contributed by atoms with Gasteiger partial charge in [-0.05, 0) is 19.1 Å². The molecule has 5 nitrogen and oxygen atoms in total. The number of ether oxygens (including phenoxy) is 1. The molecule has 0 unspecified atom stereocenters. The molecule has 0 bridgehead atoms. The van der Waals surface area contributed by atoms with Crippen molar-refractivity contribution in [3.8, 4) is 0 Å². The number of carbonyl (C=O) groups excluding carboxylic acids is 1. The highest BCUT2D eigenvalue weighted by atomic mass is 16.5. The van der Waals surface area contributed by atoms with Gasteiger partial charge in [0.2, 0.25) is 0 Å². The fourth-order valence-electron chi connectivity index (χ4n) is 2.79. The molecule has 2 atom stereocenters. The van der Waals surface area contributed by atoms with Gasteiger partial charge in [0.15, 0.2) is 0 Å². The molecular weight excluding hydrogens is 256 g/mol. The number of aliphatic hydroxyl groups excluding tert-OH is 1. The molecule has 1 amide bonds. The lowest BCUT2D eigenvalue weighted by Gasteiger charge is -2.60. The van der Waals surface area contributed by atoms with Gasteiger partial charge in [-0.1, -0.05) is 13.8 Å². The smallest absolute Gasteiger partial charge is 0.253 e. The van der Waals surface area contributed by atoms with Crippen LogP contribution in [0.4, 0.5) is 0 Å². The summed E-state index contributed by atoms with van der Waals surface area (Å²) in [4.78, 5) is 16.2. The summed E-state index contributed by atoms with van der Waals surface area (Å²) < 4.78 is 5.66. The van der Waals surface area contributed by atoms with Crippen LogP contribution in [-0.4, -0.2) is 40.9 Å². The molecule has 2 N–H and O–H groups in total. The second-order valence-electron chi connectivity index (χ2n) is 5.81. The maximum Gasteiger partial charge on any atom is 0.253 e. The third-order valence-electron chi connectivity index (χ3n) is 4.49. The Kier molecular flexibility index (Phi) is 4.11. The number of pyridine rings is 1. The van der Waals surface area contributed by atoms with Crippen molar-refractivity contribution in [3.63, 3.8) is 0 Å². The lowest BCUT2D eigenvalue weighted by Crippen LogP contribution is -2.74. The zero-order valence-corrected chi connectivity index (χ0v) is 12.2. The first kappa shape index (κ1) is 14.9. The predicted molar refractivity (Wildman–Crippen MR) is 75.3 cm³/mol. The molecule has 0 saturated heterocycles. The molecule has 0 aromatic carbocycles. The van der Waals surface area contributed by atoms with Gasteiger partial charge < -0.3 is 15.2 Å². The van der Waals surface area contributed by atoms with E-state index < -0.39 is 5.54 Å². The molecule has 1 aromatic rings. The first-order valence-corrected chi connectivity index (χ1v) is 6.92. The summed E-state index contributed by atoms with van der Waals surface area (Å²) in [6.07, 6.45) is 3.81. The van der Waals surface area contributed by atoms with Crippen molar-refractivity contribution in [1.82, 2.24) is 10.3 Å². The molecule has 1 aliphatic carbocycles. The first-order chi connectivity index (χ1) is 9.47. The molecule has 0 radical (unpaired) electrons. The summed E-state index contributed by atoms with van der Waals surface area (Å²) in [6.45, 7) is 6.50. The molecule has 0 aliphatic heterocycles. The molecule has 0 spiro atoms. The van der Waals surface area contributed by atoms with E-state index in [0.29, 0.717) is 18.6 Å². The van der Waals surface area contributed by atoms with E-state index in [4.69, 9.17) is 4.74 Å². The van der Waals surface area contributed by atoms with Gasteiger partial charge in [0.1, 0.15) is 0 Å². The van der Waals surface area contributed by atoms with Gasteiger partial charge in [0, 0.05) is 30.8 Å². The van der Waals surface area contributed by atoms with Crippen LogP contribution in [0.3, 0.4) is 0 Å². The van der Waals surface area contributed by atoms with Gasteiger partial charge in [-0.25, -0.2) is 0 Å². The van der Waals surface area contributed by atoms with Crippen LogP contribution in [0.15, 0.2) is 24.5 Å². The monoisotopic (exact) mass is 278 g/mol. The Hall–Kier alpha value is -1.46. The zero-order valence-electron chi connectivity index (χ0n) is 12.2. The van der Waals surface area contributed by atoms with Gasteiger partial charge in [-0.2, -0.15) is 0 Å².